The number of phenolic OH excluding ortho intramolecular Hbond substituents is 1. The first-order valence-electron chi connectivity index (χ1n) is 6.87. The van der Waals surface area contributed by atoms with Gasteiger partial charge >= 0.3 is 0 Å². The third-order valence-electron chi connectivity index (χ3n) is 3.77. The Bertz CT molecular complexity index is 787. The third kappa shape index (κ3) is 1.86. The van der Waals surface area contributed by atoms with Crippen LogP contribution < -0.4 is 0 Å². The molecule has 0 amide bonds. The first kappa shape index (κ1) is 12.7. The van der Waals surface area contributed by atoms with E-state index in [1.807, 2.05) is 19.1 Å². The number of rotatable bonds is 2. The van der Waals surface area contributed by atoms with E-state index in [0.29, 0.717) is 5.75 Å². The maximum absolute atomic E-state index is 9.91. The minimum absolute atomic E-state index is 0.313. The fraction of sp³-hybridized carbons (Fsp3) is 0.235. The number of phenols is 1. The summed E-state index contributed by atoms with van der Waals surface area (Å²) in [5.74, 6) is 1.23. The van der Waals surface area contributed by atoms with Crippen molar-refractivity contribution in [3.05, 3.63) is 47.5 Å². The zero-order valence-electron chi connectivity index (χ0n) is 12.0. The van der Waals surface area contributed by atoms with Crippen molar-refractivity contribution in [3.8, 4) is 17.1 Å². The molecule has 2 aromatic carbocycles. The standard InChI is InChI=1S/C17H18N2O/c1-4-19-15-9-8-11(2)10-14(15)18-17(19)13-6-5-7-16(20)12(13)3/h5-10,20H,4H2,1-3H3. The van der Waals surface area contributed by atoms with Gasteiger partial charge in [0.05, 0.1) is 11.0 Å². The molecule has 1 N–H and O–H groups in total. The summed E-state index contributed by atoms with van der Waals surface area (Å²) in [6, 6.07) is 11.9. The topological polar surface area (TPSA) is 38.0 Å². The van der Waals surface area contributed by atoms with Crippen LogP contribution in [-0.2, 0) is 6.54 Å². The number of benzene rings is 2. The molecule has 0 aliphatic heterocycles. The SMILES string of the molecule is CCn1c(-c2cccc(O)c2C)nc2cc(C)ccc21. The van der Waals surface area contributed by atoms with Crippen LogP contribution in [0.1, 0.15) is 18.1 Å². The van der Waals surface area contributed by atoms with Crippen molar-refractivity contribution in [2.24, 2.45) is 0 Å². The Morgan fingerprint density at radius 3 is 2.70 bits per heavy atom. The van der Waals surface area contributed by atoms with E-state index in [1.165, 1.54) is 5.56 Å². The van der Waals surface area contributed by atoms with Crippen LogP contribution in [0.2, 0.25) is 0 Å². The van der Waals surface area contributed by atoms with Crippen LogP contribution >= 0.6 is 0 Å². The van der Waals surface area contributed by atoms with Gasteiger partial charge in [-0.3, -0.25) is 0 Å². The van der Waals surface area contributed by atoms with E-state index in [2.05, 4.69) is 36.6 Å². The van der Waals surface area contributed by atoms with Gasteiger partial charge in [0.1, 0.15) is 11.6 Å². The summed E-state index contributed by atoms with van der Waals surface area (Å²) in [4.78, 5) is 4.77. The van der Waals surface area contributed by atoms with Gasteiger partial charge in [0, 0.05) is 17.7 Å². The molecule has 3 nitrogen and oxygen atoms in total. The largest absolute Gasteiger partial charge is 0.508 e. The van der Waals surface area contributed by atoms with E-state index < -0.39 is 0 Å². The summed E-state index contributed by atoms with van der Waals surface area (Å²) < 4.78 is 2.19. The number of aromatic nitrogens is 2. The molecule has 0 aliphatic rings. The molecular weight excluding hydrogens is 248 g/mol. The summed E-state index contributed by atoms with van der Waals surface area (Å²) in [6.07, 6.45) is 0. The minimum atomic E-state index is 0.313. The number of imidazole rings is 1. The van der Waals surface area contributed by atoms with Crippen molar-refractivity contribution >= 4 is 11.0 Å². The molecule has 102 valence electrons. The molecule has 20 heavy (non-hydrogen) atoms. The fourth-order valence-corrected chi connectivity index (χ4v) is 2.63. The van der Waals surface area contributed by atoms with Crippen LogP contribution in [0.15, 0.2) is 36.4 Å². The highest BCUT2D eigenvalue weighted by atomic mass is 16.3. The second-order valence-corrected chi connectivity index (χ2v) is 5.12. The van der Waals surface area contributed by atoms with Gasteiger partial charge in [-0.25, -0.2) is 4.98 Å². The van der Waals surface area contributed by atoms with Crippen molar-refractivity contribution < 1.29 is 5.11 Å². The molecule has 0 saturated heterocycles. The summed E-state index contributed by atoms with van der Waals surface area (Å²) in [5, 5.41) is 9.91. The lowest BCUT2D eigenvalue weighted by molar-refractivity contribution is 0.471. The van der Waals surface area contributed by atoms with E-state index in [9.17, 15) is 5.11 Å². The van der Waals surface area contributed by atoms with Crippen LogP contribution in [0.3, 0.4) is 0 Å². The maximum atomic E-state index is 9.91. The molecule has 0 saturated carbocycles. The molecule has 0 unspecified atom stereocenters. The molecule has 0 aliphatic carbocycles. The molecule has 1 heterocycles. The Morgan fingerprint density at radius 1 is 1.15 bits per heavy atom. The quantitative estimate of drug-likeness (QED) is 0.760. The number of aryl methyl sites for hydroxylation is 2. The highest BCUT2D eigenvalue weighted by Crippen LogP contribution is 2.31. The van der Waals surface area contributed by atoms with Crippen LogP contribution in [0.25, 0.3) is 22.4 Å². The van der Waals surface area contributed by atoms with Gasteiger partial charge < -0.3 is 9.67 Å². The molecule has 0 atom stereocenters. The Kier molecular flexibility index (Phi) is 2.97. The van der Waals surface area contributed by atoms with Crippen molar-refractivity contribution in [1.29, 1.82) is 0 Å². The smallest absolute Gasteiger partial charge is 0.141 e. The lowest BCUT2D eigenvalue weighted by atomic mass is 10.1. The molecule has 3 aromatic rings. The molecule has 0 spiro atoms. The lowest BCUT2D eigenvalue weighted by Gasteiger charge is -2.09. The lowest BCUT2D eigenvalue weighted by Crippen LogP contribution is -1.98. The zero-order valence-corrected chi connectivity index (χ0v) is 12.0. The zero-order chi connectivity index (χ0) is 14.3. The van der Waals surface area contributed by atoms with Crippen molar-refractivity contribution in [3.63, 3.8) is 0 Å². The third-order valence-corrected chi connectivity index (χ3v) is 3.77. The van der Waals surface area contributed by atoms with E-state index in [1.54, 1.807) is 6.07 Å². The van der Waals surface area contributed by atoms with E-state index in [4.69, 9.17) is 4.98 Å². The Labute approximate surface area is 118 Å². The highest BCUT2D eigenvalue weighted by Gasteiger charge is 2.14. The molecule has 0 radical (unpaired) electrons. The Balaban J connectivity index is 2.33. The average Bonchev–Trinajstić information content (AvgIpc) is 2.79. The van der Waals surface area contributed by atoms with Gasteiger partial charge in [0.25, 0.3) is 0 Å². The van der Waals surface area contributed by atoms with Crippen molar-refractivity contribution in [1.82, 2.24) is 9.55 Å². The second kappa shape index (κ2) is 4.67. The normalized spacial score (nSPS) is 11.2. The molecule has 1 aromatic heterocycles. The first-order chi connectivity index (χ1) is 9.61. The minimum Gasteiger partial charge on any atom is -0.508 e. The van der Waals surface area contributed by atoms with Gasteiger partial charge in [0.15, 0.2) is 0 Å². The summed E-state index contributed by atoms with van der Waals surface area (Å²) in [5.41, 5.74) is 5.20. The van der Waals surface area contributed by atoms with Gasteiger partial charge in [-0.15, -0.1) is 0 Å². The van der Waals surface area contributed by atoms with Crippen LogP contribution in [0.5, 0.6) is 5.75 Å². The maximum Gasteiger partial charge on any atom is 0.141 e. The molecule has 3 heteroatoms. The summed E-state index contributed by atoms with van der Waals surface area (Å²) in [6.45, 7) is 6.96. The molecule has 3 rings (SSSR count). The van der Waals surface area contributed by atoms with Crippen molar-refractivity contribution in [2.45, 2.75) is 27.3 Å². The molecule has 0 fully saturated rings. The van der Waals surface area contributed by atoms with E-state index in [0.717, 1.165) is 34.5 Å². The molecular formula is C17H18N2O. The van der Waals surface area contributed by atoms with Gasteiger partial charge in [-0.05, 0) is 44.5 Å². The van der Waals surface area contributed by atoms with Crippen molar-refractivity contribution in [2.75, 3.05) is 0 Å². The van der Waals surface area contributed by atoms with Gasteiger partial charge in [-0.2, -0.15) is 0 Å². The monoisotopic (exact) mass is 266 g/mol. The predicted octanol–water partition coefficient (Wildman–Crippen LogP) is 4.05. The second-order valence-electron chi connectivity index (χ2n) is 5.12. The Hall–Kier alpha value is -2.29. The van der Waals surface area contributed by atoms with Crippen LogP contribution in [-0.4, -0.2) is 14.7 Å². The fourth-order valence-electron chi connectivity index (χ4n) is 2.63. The van der Waals surface area contributed by atoms with Crippen LogP contribution in [0, 0.1) is 13.8 Å². The number of aromatic hydroxyl groups is 1. The van der Waals surface area contributed by atoms with E-state index in [-0.39, 0.29) is 0 Å². The number of nitrogens with zero attached hydrogens (tertiary/aromatic N) is 2. The summed E-state index contributed by atoms with van der Waals surface area (Å²) >= 11 is 0. The predicted molar refractivity (Wildman–Crippen MR) is 82.0 cm³/mol. The molecule has 0 bridgehead atoms. The van der Waals surface area contributed by atoms with Crippen LogP contribution in [0.4, 0.5) is 0 Å². The summed E-state index contributed by atoms with van der Waals surface area (Å²) in [7, 11) is 0. The van der Waals surface area contributed by atoms with Gasteiger partial charge in [0.2, 0.25) is 0 Å². The van der Waals surface area contributed by atoms with E-state index >= 15 is 0 Å². The first-order valence-corrected chi connectivity index (χ1v) is 6.87. The highest BCUT2D eigenvalue weighted by molar-refractivity contribution is 5.82. The van der Waals surface area contributed by atoms with Gasteiger partial charge in [-0.1, -0.05) is 18.2 Å². The number of hydrogen-bond acceptors (Lipinski definition) is 2. The number of hydrogen-bond donors (Lipinski definition) is 1. The number of fused-ring (bicyclic) bond motifs is 1. The average molecular weight is 266 g/mol. The Morgan fingerprint density at radius 2 is 1.95 bits per heavy atom.